The van der Waals surface area contributed by atoms with Crippen LogP contribution < -0.4 is 10.9 Å². The van der Waals surface area contributed by atoms with Gasteiger partial charge in [0.15, 0.2) is 5.16 Å². The van der Waals surface area contributed by atoms with Crippen LogP contribution >= 0.6 is 11.8 Å². The van der Waals surface area contributed by atoms with Crippen molar-refractivity contribution in [1.29, 1.82) is 0 Å². The van der Waals surface area contributed by atoms with Gasteiger partial charge in [0.1, 0.15) is 0 Å². The monoisotopic (exact) mass is 329 g/mol. The van der Waals surface area contributed by atoms with Gasteiger partial charge in [-0.3, -0.25) is 9.59 Å². The van der Waals surface area contributed by atoms with Crippen LogP contribution in [0.3, 0.4) is 0 Å². The molecule has 1 amide bonds. The van der Waals surface area contributed by atoms with Crippen molar-refractivity contribution < 1.29 is 4.79 Å². The molecule has 1 aromatic carbocycles. The zero-order chi connectivity index (χ0) is 16.4. The molecule has 120 valence electrons. The number of amides is 1. The Kier molecular flexibility index (Phi) is 4.52. The number of hydrogen-bond acceptors (Lipinski definition) is 4. The van der Waals surface area contributed by atoms with Crippen LogP contribution in [0.15, 0.2) is 46.5 Å². The summed E-state index contributed by atoms with van der Waals surface area (Å²) >= 11 is 1.37. The van der Waals surface area contributed by atoms with Gasteiger partial charge in [0.2, 0.25) is 5.91 Å². The number of rotatable bonds is 3. The van der Waals surface area contributed by atoms with E-state index in [2.05, 4.69) is 10.3 Å². The van der Waals surface area contributed by atoms with E-state index in [-0.39, 0.29) is 22.8 Å². The molecule has 1 aliphatic rings. The van der Waals surface area contributed by atoms with Crippen molar-refractivity contribution in [3.05, 3.63) is 52.4 Å². The minimum atomic E-state index is -0.276. The predicted octanol–water partition coefficient (Wildman–Crippen LogP) is 2.87. The lowest BCUT2D eigenvalue weighted by Gasteiger charge is -2.18. The van der Waals surface area contributed by atoms with Gasteiger partial charge in [0.05, 0.1) is 5.25 Å². The lowest BCUT2D eigenvalue weighted by molar-refractivity contribution is -0.115. The standard InChI is InChI=1S/C17H19N3O2S/c1-11(2)20-10-9-15(21)19-17(20)23-14-8-7-12-5-3-4-6-13(12)18-16(14)22/h3-6,9-11,14H,7-8H2,1-2H3,(H,18,22)/t14-/m1/s1. The number of nitrogens with zero attached hydrogens (tertiary/aromatic N) is 2. The number of hydrogen-bond donors (Lipinski definition) is 1. The van der Waals surface area contributed by atoms with E-state index in [1.165, 1.54) is 17.8 Å². The molecule has 1 aliphatic heterocycles. The van der Waals surface area contributed by atoms with E-state index >= 15 is 0 Å². The van der Waals surface area contributed by atoms with Gasteiger partial charge < -0.3 is 9.88 Å². The second-order valence-electron chi connectivity index (χ2n) is 5.84. The summed E-state index contributed by atoms with van der Waals surface area (Å²) in [6.07, 6.45) is 3.29. The zero-order valence-corrected chi connectivity index (χ0v) is 14.0. The molecule has 0 fully saturated rings. The highest BCUT2D eigenvalue weighted by Gasteiger charge is 2.26. The van der Waals surface area contributed by atoms with Gasteiger partial charge in [-0.05, 0) is 38.3 Å². The Hall–Kier alpha value is -2.08. The molecule has 0 bridgehead atoms. The highest BCUT2D eigenvalue weighted by atomic mass is 32.2. The van der Waals surface area contributed by atoms with Crippen molar-refractivity contribution in [3.63, 3.8) is 0 Å². The number of benzene rings is 1. The highest BCUT2D eigenvalue weighted by molar-refractivity contribution is 8.00. The summed E-state index contributed by atoms with van der Waals surface area (Å²) in [4.78, 5) is 28.2. The van der Waals surface area contributed by atoms with Crippen LogP contribution in [-0.4, -0.2) is 20.7 Å². The molecule has 3 rings (SSSR count). The number of aryl methyl sites for hydroxylation is 1. The normalized spacial score (nSPS) is 17.5. The Bertz CT molecular complexity index is 785. The molecular formula is C17H19N3O2S. The maximum atomic E-state index is 12.5. The minimum absolute atomic E-state index is 0.0339. The summed E-state index contributed by atoms with van der Waals surface area (Å²) in [5, 5.41) is 3.31. The van der Waals surface area contributed by atoms with Gasteiger partial charge in [-0.25, -0.2) is 0 Å². The predicted molar refractivity (Wildman–Crippen MR) is 91.9 cm³/mol. The average Bonchev–Trinajstić information content (AvgIpc) is 2.66. The topological polar surface area (TPSA) is 64.0 Å². The Morgan fingerprint density at radius 2 is 2.04 bits per heavy atom. The van der Waals surface area contributed by atoms with Crippen molar-refractivity contribution in [3.8, 4) is 0 Å². The minimum Gasteiger partial charge on any atom is -0.325 e. The van der Waals surface area contributed by atoms with Crippen LogP contribution in [0.4, 0.5) is 5.69 Å². The highest BCUT2D eigenvalue weighted by Crippen LogP contribution is 2.31. The largest absolute Gasteiger partial charge is 0.325 e. The van der Waals surface area contributed by atoms with E-state index < -0.39 is 0 Å². The molecule has 1 N–H and O–H groups in total. The molecule has 2 aromatic rings. The van der Waals surface area contributed by atoms with E-state index in [1.54, 1.807) is 6.20 Å². The van der Waals surface area contributed by atoms with E-state index in [9.17, 15) is 9.59 Å². The SMILES string of the molecule is CC(C)n1ccc(=O)nc1S[C@@H]1CCc2ccccc2NC1=O. The molecule has 0 radical (unpaired) electrons. The third-order valence-corrected chi connectivity index (χ3v) is 5.10. The fraction of sp³-hybridized carbons (Fsp3) is 0.353. The number of fused-ring (bicyclic) bond motifs is 1. The average molecular weight is 329 g/mol. The number of nitrogens with one attached hydrogen (secondary N) is 1. The van der Waals surface area contributed by atoms with Gasteiger partial charge in [0.25, 0.3) is 5.56 Å². The van der Waals surface area contributed by atoms with E-state index in [0.29, 0.717) is 5.16 Å². The van der Waals surface area contributed by atoms with E-state index in [4.69, 9.17) is 0 Å². The molecule has 2 heterocycles. The van der Waals surface area contributed by atoms with E-state index in [0.717, 1.165) is 24.1 Å². The number of para-hydroxylation sites is 1. The summed E-state index contributed by atoms with van der Waals surface area (Å²) in [6, 6.07) is 9.48. The van der Waals surface area contributed by atoms with Crippen molar-refractivity contribution in [2.24, 2.45) is 0 Å². The van der Waals surface area contributed by atoms with Gasteiger partial charge in [-0.1, -0.05) is 30.0 Å². The molecule has 0 aliphatic carbocycles. The van der Waals surface area contributed by atoms with Gasteiger partial charge in [-0.15, -0.1) is 0 Å². The Morgan fingerprint density at radius 1 is 1.26 bits per heavy atom. The molecule has 0 spiro atoms. The Labute approximate surface area is 139 Å². The maximum Gasteiger partial charge on any atom is 0.273 e. The second kappa shape index (κ2) is 6.58. The molecule has 0 saturated carbocycles. The van der Waals surface area contributed by atoms with Crippen molar-refractivity contribution in [2.75, 3.05) is 5.32 Å². The lowest BCUT2D eigenvalue weighted by Crippen LogP contribution is -2.25. The number of anilines is 1. The first-order valence-corrected chi connectivity index (χ1v) is 8.57. The quantitative estimate of drug-likeness (QED) is 0.880. The van der Waals surface area contributed by atoms with E-state index in [1.807, 2.05) is 42.7 Å². The number of thioether (sulfide) groups is 1. The number of carbonyl (C=O) groups is 1. The fourth-order valence-electron chi connectivity index (χ4n) is 2.61. The van der Waals surface area contributed by atoms with Crippen LogP contribution in [0.1, 0.15) is 31.9 Å². The first-order valence-electron chi connectivity index (χ1n) is 7.69. The van der Waals surface area contributed by atoms with Crippen molar-refractivity contribution >= 4 is 23.4 Å². The third kappa shape index (κ3) is 3.47. The summed E-state index contributed by atoms with van der Waals surface area (Å²) in [5.41, 5.74) is 1.75. The fourth-order valence-corrected chi connectivity index (χ4v) is 3.80. The van der Waals surface area contributed by atoms with Crippen molar-refractivity contribution in [1.82, 2.24) is 9.55 Å². The second-order valence-corrected chi connectivity index (χ2v) is 7.01. The van der Waals surface area contributed by atoms with Crippen LogP contribution in [0.2, 0.25) is 0 Å². The van der Waals surface area contributed by atoms with Crippen LogP contribution in [0.5, 0.6) is 0 Å². The zero-order valence-electron chi connectivity index (χ0n) is 13.2. The number of carbonyl (C=O) groups excluding carboxylic acids is 1. The molecule has 23 heavy (non-hydrogen) atoms. The first-order chi connectivity index (χ1) is 11.0. The summed E-state index contributed by atoms with van der Waals surface area (Å²) in [7, 11) is 0. The van der Waals surface area contributed by atoms with Crippen molar-refractivity contribution in [2.45, 2.75) is 43.1 Å². The van der Waals surface area contributed by atoms with Crippen LogP contribution in [-0.2, 0) is 11.2 Å². The lowest BCUT2D eigenvalue weighted by atomic mass is 10.1. The first kappa shape index (κ1) is 15.8. The Morgan fingerprint density at radius 3 is 2.83 bits per heavy atom. The van der Waals surface area contributed by atoms with Gasteiger partial charge >= 0.3 is 0 Å². The summed E-state index contributed by atoms with van der Waals surface area (Å²) in [5.74, 6) is -0.0339. The molecule has 5 nitrogen and oxygen atoms in total. The maximum absolute atomic E-state index is 12.5. The Balaban J connectivity index is 1.86. The summed E-state index contributed by atoms with van der Waals surface area (Å²) < 4.78 is 1.93. The third-order valence-electron chi connectivity index (χ3n) is 3.85. The molecule has 6 heteroatoms. The molecule has 0 unspecified atom stereocenters. The summed E-state index contributed by atoms with van der Waals surface area (Å²) in [6.45, 7) is 4.05. The van der Waals surface area contributed by atoms with Gasteiger partial charge in [0, 0.05) is 24.0 Å². The molecule has 1 atom stereocenters. The smallest absolute Gasteiger partial charge is 0.273 e. The van der Waals surface area contributed by atoms with Gasteiger partial charge in [-0.2, -0.15) is 4.98 Å². The van der Waals surface area contributed by atoms with Crippen LogP contribution in [0, 0.1) is 0 Å². The van der Waals surface area contributed by atoms with Crippen LogP contribution in [0.25, 0.3) is 0 Å². The molecular weight excluding hydrogens is 310 g/mol. The number of aromatic nitrogens is 2. The molecule has 0 saturated heterocycles. The molecule has 1 aromatic heterocycles.